The largest absolute Gasteiger partial charge is 0.504 e. The van der Waals surface area contributed by atoms with Gasteiger partial charge in [0.1, 0.15) is 0 Å². The molecule has 46 heavy (non-hydrogen) atoms. The van der Waals surface area contributed by atoms with E-state index < -0.39 is 44.2 Å². The maximum atomic E-state index is 11.2. The number of aromatic hydroxyl groups is 4. The van der Waals surface area contributed by atoms with Crippen molar-refractivity contribution in [2.75, 3.05) is 50.8 Å². The lowest BCUT2D eigenvalue weighted by Crippen LogP contribution is -2.19. The third-order valence-corrected chi connectivity index (χ3v) is 9.55. The number of phenolic OH excluding ortho intramolecular Hbond substituents is 4. The smallest absolute Gasteiger partial charge is 0.319 e. The molecule has 8 N–H and O–H groups in total. The average molecular weight is 685 g/mol. The molecule has 0 aliphatic heterocycles. The van der Waals surface area contributed by atoms with E-state index in [1.54, 1.807) is 0 Å². The van der Waals surface area contributed by atoms with Crippen molar-refractivity contribution in [3.63, 3.8) is 0 Å². The highest BCUT2D eigenvalue weighted by Gasteiger charge is 2.23. The van der Waals surface area contributed by atoms with Crippen LogP contribution >= 0.6 is 21.6 Å². The molecule has 258 valence electrons. The molecule has 2 aromatic carbocycles. The van der Waals surface area contributed by atoms with E-state index in [2.05, 4.69) is 21.3 Å². The molecule has 0 aliphatic rings. The van der Waals surface area contributed by atoms with Gasteiger partial charge in [0.2, 0.25) is 11.5 Å². The van der Waals surface area contributed by atoms with Gasteiger partial charge in [0, 0.05) is 48.8 Å². The van der Waals surface area contributed by atoms with E-state index in [0.29, 0.717) is 11.1 Å². The highest BCUT2D eigenvalue weighted by Crippen LogP contribution is 2.38. The first-order valence-corrected chi connectivity index (χ1v) is 18.2. The van der Waals surface area contributed by atoms with Crippen LogP contribution in [0.15, 0.2) is 24.3 Å². The number of unbranched alkanes of at least 4 members (excludes halogenated alkanes) is 6. The lowest BCUT2D eigenvalue weighted by molar-refractivity contribution is -0.386. The van der Waals surface area contributed by atoms with Gasteiger partial charge in [0.15, 0.2) is 11.5 Å². The van der Waals surface area contributed by atoms with Gasteiger partial charge in [0.05, 0.1) is 9.85 Å². The molecule has 0 bridgehead atoms. The van der Waals surface area contributed by atoms with Crippen molar-refractivity contribution < 1.29 is 30.3 Å². The molecule has 16 heteroatoms. The van der Waals surface area contributed by atoms with E-state index in [9.17, 15) is 40.7 Å². The van der Waals surface area contributed by atoms with Crippen LogP contribution in [-0.2, 0) is 13.1 Å². The van der Waals surface area contributed by atoms with Gasteiger partial charge in [0.25, 0.3) is 0 Å². The Hall–Kier alpha value is -3.02. The van der Waals surface area contributed by atoms with Crippen LogP contribution in [0.1, 0.15) is 62.5 Å². The molecule has 2 rings (SSSR count). The Bertz CT molecular complexity index is 1120. The van der Waals surface area contributed by atoms with Crippen LogP contribution in [0.2, 0.25) is 0 Å². The second kappa shape index (κ2) is 23.3. The van der Waals surface area contributed by atoms with Crippen molar-refractivity contribution in [3.05, 3.63) is 55.6 Å². The van der Waals surface area contributed by atoms with Crippen LogP contribution in [0, 0.1) is 20.2 Å². The van der Waals surface area contributed by atoms with Gasteiger partial charge in [-0.25, -0.2) is 0 Å². The van der Waals surface area contributed by atoms with Crippen LogP contribution in [0.3, 0.4) is 0 Å². The Balaban J connectivity index is 1.30. The fourth-order valence-corrected chi connectivity index (χ4v) is 6.56. The fourth-order valence-electron chi connectivity index (χ4n) is 4.66. The lowest BCUT2D eigenvalue weighted by Gasteiger charge is -2.08. The number of nitrogens with zero attached hydrogens (tertiary/aromatic N) is 2. The predicted octanol–water partition coefficient (Wildman–Crippen LogP) is 4.89. The first-order chi connectivity index (χ1) is 22.2. The van der Waals surface area contributed by atoms with Crippen LogP contribution in [-0.4, -0.2) is 81.0 Å². The van der Waals surface area contributed by atoms with Crippen molar-refractivity contribution in [2.24, 2.45) is 0 Å². The van der Waals surface area contributed by atoms with Gasteiger partial charge in [-0.1, -0.05) is 47.3 Å². The minimum Gasteiger partial charge on any atom is -0.504 e. The third-order valence-electron chi connectivity index (χ3n) is 7.14. The SMILES string of the molecule is O=[N+]([O-])c1c(CNCCCCCCNCCSSCCNCCCCCCNCc2ccc(O)c(O)c2[N+](=O)[O-])ccc(O)c1O. The Morgan fingerprint density at radius 2 is 0.870 bits per heavy atom. The average Bonchev–Trinajstić information content (AvgIpc) is 3.02. The van der Waals surface area contributed by atoms with Crippen molar-refractivity contribution in [3.8, 4) is 23.0 Å². The molecule has 0 amide bonds. The Morgan fingerprint density at radius 3 is 1.22 bits per heavy atom. The molecule has 0 aliphatic carbocycles. The zero-order valence-electron chi connectivity index (χ0n) is 26.2. The van der Waals surface area contributed by atoms with Crippen molar-refractivity contribution in [1.29, 1.82) is 0 Å². The molecule has 0 aromatic heterocycles. The summed E-state index contributed by atoms with van der Waals surface area (Å²) in [5, 5.41) is 74.0. The van der Waals surface area contributed by atoms with E-state index in [1.807, 2.05) is 21.6 Å². The summed E-state index contributed by atoms with van der Waals surface area (Å²) in [6.45, 7) is 5.90. The topological polar surface area (TPSA) is 215 Å². The summed E-state index contributed by atoms with van der Waals surface area (Å²) in [6, 6.07) is 5.42. The Labute approximate surface area is 277 Å². The summed E-state index contributed by atoms with van der Waals surface area (Å²) in [5.41, 5.74) is -0.216. The van der Waals surface area contributed by atoms with Gasteiger partial charge in [-0.2, -0.15) is 0 Å². The first kappa shape index (κ1) is 39.2. The molecule has 0 fully saturated rings. The van der Waals surface area contributed by atoms with E-state index in [-0.39, 0.29) is 13.1 Å². The number of phenols is 4. The second-order valence-corrected chi connectivity index (χ2v) is 13.4. The van der Waals surface area contributed by atoms with E-state index in [1.165, 1.54) is 24.3 Å². The zero-order valence-corrected chi connectivity index (χ0v) is 27.8. The number of rotatable bonds is 27. The summed E-state index contributed by atoms with van der Waals surface area (Å²) in [5.74, 6) is -0.260. The maximum absolute atomic E-state index is 11.2. The summed E-state index contributed by atoms with van der Waals surface area (Å²) in [7, 11) is 3.76. The molecule has 0 radical (unpaired) electrons. The van der Waals surface area contributed by atoms with Crippen LogP contribution in [0.5, 0.6) is 23.0 Å². The van der Waals surface area contributed by atoms with Crippen LogP contribution in [0.4, 0.5) is 11.4 Å². The highest BCUT2D eigenvalue weighted by atomic mass is 33.1. The Morgan fingerprint density at radius 1 is 0.522 bits per heavy atom. The highest BCUT2D eigenvalue weighted by molar-refractivity contribution is 8.76. The van der Waals surface area contributed by atoms with Crippen LogP contribution < -0.4 is 21.3 Å². The van der Waals surface area contributed by atoms with E-state index >= 15 is 0 Å². The molecule has 14 nitrogen and oxygen atoms in total. The van der Waals surface area contributed by atoms with Gasteiger partial charge >= 0.3 is 11.4 Å². The fraction of sp³-hybridized carbons (Fsp3) is 0.600. The molecule has 0 saturated carbocycles. The molecule has 0 saturated heterocycles. The molecule has 2 aromatic rings. The van der Waals surface area contributed by atoms with Gasteiger partial charge in [-0.15, -0.1) is 0 Å². The standard InChI is InChI=1S/C30H48N6O8S2/c37-25-11-9-23(27(29(25)39)35(41)42)21-33-15-7-3-1-5-13-31-17-19-45-46-20-18-32-14-6-2-4-8-16-34-22-24-10-12-26(38)30(40)28(24)36(43)44/h9-12,31-34,37-40H,1-8,13-22H2. The maximum Gasteiger partial charge on any atom is 0.319 e. The number of benzene rings is 2. The molecule has 0 heterocycles. The molecule has 0 unspecified atom stereocenters. The molecular weight excluding hydrogens is 636 g/mol. The van der Waals surface area contributed by atoms with E-state index in [0.717, 1.165) is 102 Å². The molecule has 0 spiro atoms. The van der Waals surface area contributed by atoms with E-state index in [4.69, 9.17) is 0 Å². The Kier molecular flexibility index (Phi) is 19.9. The quantitative estimate of drug-likeness (QED) is 0.0207. The number of hydrogen-bond donors (Lipinski definition) is 8. The normalized spacial score (nSPS) is 11.2. The van der Waals surface area contributed by atoms with Crippen LogP contribution in [0.25, 0.3) is 0 Å². The third kappa shape index (κ3) is 15.0. The minimum atomic E-state index is -0.693. The number of nitro benzene ring substituents is 2. The zero-order chi connectivity index (χ0) is 33.6. The molecule has 0 atom stereocenters. The summed E-state index contributed by atoms with van der Waals surface area (Å²) < 4.78 is 0. The summed E-state index contributed by atoms with van der Waals surface area (Å²) >= 11 is 0. The minimum absolute atomic E-state index is 0.259. The number of nitro groups is 2. The first-order valence-electron chi connectivity index (χ1n) is 15.7. The molecular formula is C30H48N6O8S2. The number of hydrogen-bond acceptors (Lipinski definition) is 14. The van der Waals surface area contributed by atoms with Gasteiger partial charge in [-0.05, 0) is 76.1 Å². The summed E-state index contributed by atoms with van der Waals surface area (Å²) in [6.07, 6.45) is 8.48. The van der Waals surface area contributed by atoms with Crippen molar-refractivity contribution in [2.45, 2.75) is 64.5 Å². The van der Waals surface area contributed by atoms with Gasteiger partial charge < -0.3 is 41.7 Å². The van der Waals surface area contributed by atoms with Gasteiger partial charge in [-0.3, -0.25) is 20.2 Å². The monoisotopic (exact) mass is 684 g/mol. The van der Waals surface area contributed by atoms with Crippen molar-refractivity contribution in [1.82, 2.24) is 21.3 Å². The number of nitrogens with one attached hydrogen (secondary N) is 4. The second-order valence-electron chi connectivity index (χ2n) is 10.7. The lowest BCUT2D eigenvalue weighted by atomic mass is 10.1. The predicted molar refractivity (Wildman–Crippen MR) is 184 cm³/mol. The summed E-state index contributed by atoms with van der Waals surface area (Å²) in [4.78, 5) is 21.0. The van der Waals surface area contributed by atoms with Crippen molar-refractivity contribution >= 4 is 33.0 Å².